The van der Waals surface area contributed by atoms with Gasteiger partial charge in [0.15, 0.2) is 0 Å². The molecule has 0 bridgehead atoms. The second-order valence-electron chi connectivity index (χ2n) is 4.18. The summed E-state index contributed by atoms with van der Waals surface area (Å²) in [5.74, 6) is 0. The minimum Gasteiger partial charge on any atom is -0.329 e. The van der Waals surface area contributed by atoms with E-state index >= 15 is 0 Å². The normalized spacial score (nSPS) is 13.5. The lowest BCUT2D eigenvalue weighted by atomic mass is 10.0. The zero-order valence-corrected chi connectivity index (χ0v) is 11.4. The Labute approximate surface area is 107 Å². The van der Waals surface area contributed by atoms with Crippen LogP contribution in [-0.4, -0.2) is 24.5 Å². The summed E-state index contributed by atoms with van der Waals surface area (Å²) in [6.07, 6.45) is 0. The molecule has 0 heterocycles. The van der Waals surface area contributed by atoms with Gasteiger partial charge in [-0.1, -0.05) is 23.2 Å². The third-order valence-corrected chi connectivity index (χ3v) is 3.43. The molecule has 0 aliphatic rings. The number of hydrogen-bond donors (Lipinski definition) is 1. The van der Waals surface area contributed by atoms with E-state index in [0.717, 1.165) is 5.56 Å². The summed E-state index contributed by atoms with van der Waals surface area (Å²) in [4.78, 5) is 2.19. The monoisotopic (exact) mass is 260 g/mol. The van der Waals surface area contributed by atoms with Crippen LogP contribution >= 0.6 is 23.2 Å². The summed E-state index contributed by atoms with van der Waals surface area (Å²) in [6.45, 7) is 4.77. The quantitative estimate of drug-likeness (QED) is 0.900. The van der Waals surface area contributed by atoms with Crippen molar-refractivity contribution in [2.45, 2.75) is 25.9 Å². The van der Waals surface area contributed by atoms with Gasteiger partial charge in [-0.05, 0) is 44.7 Å². The van der Waals surface area contributed by atoms with Crippen molar-refractivity contribution in [2.24, 2.45) is 5.73 Å². The predicted molar refractivity (Wildman–Crippen MR) is 71.2 cm³/mol. The van der Waals surface area contributed by atoms with E-state index in [9.17, 15) is 0 Å². The molecule has 1 aromatic carbocycles. The van der Waals surface area contributed by atoms with Crippen LogP contribution in [-0.2, 0) is 0 Å². The number of likely N-dealkylation sites (N-methyl/N-ethyl adjacent to an activating group) is 1. The first-order valence-corrected chi connectivity index (χ1v) is 6.10. The lowest BCUT2D eigenvalue weighted by Gasteiger charge is -2.31. The first-order chi connectivity index (χ1) is 7.47. The van der Waals surface area contributed by atoms with Gasteiger partial charge < -0.3 is 5.73 Å². The van der Waals surface area contributed by atoms with Gasteiger partial charge in [0.05, 0.1) is 0 Å². The number of nitrogens with two attached hydrogens (primary N) is 1. The molecular weight excluding hydrogens is 243 g/mol. The average molecular weight is 261 g/mol. The molecule has 0 saturated carbocycles. The molecule has 0 amide bonds. The second-order valence-corrected chi connectivity index (χ2v) is 5.02. The van der Waals surface area contributed by atoms with E-state index in [1.165, 1.54) is 0 Å². The number of benzene rings is 1. The number of halogens is 2. The van der Waals surface area contributed by atoms with Crippen LogP contribution in [0.2, 0.25) is 10.0 Å². The largest absolute Gasteiger partial charge is 0.329 e. The van der Waals surface area contributed by atoms with Crippen LogP contribution in [0.3, 0.4) is 0 Å². The number of hydrogen-bond acceptors (Lipinski definition) is 2. The molecule has 1 aromatic rings. The highest BCUT2D eigenvalue weighted by Gasteiger charge is 2.20. The van der Waals surface area contributed by atoms with E-state index in [0.29, 0.717) is 22.6 Å². The molecule has 0 spiro atoms. The Morgan fingerprint density at radius 3 is 2.44 bits per heavy atom. The van der Waals surface area contributed by atoms with Gasteiger partial charge in [-0.2, -0.15) is 0 Å². The molecule has 2 nitrogen and oxygen atoms in total. The fraction of sp³-hybridized carbons (Fsp3) is 0.500. The summed E-state index contributed by atoms with van der Waals surface area (Å²) in [5.41, 5.74) is 6.81. The first kappa shape index (κ1) is 13.8. The van der Waals surface area contributed by atoms with Crippen LogP contribution in [0.15, 0.2) is 18.2 Å². The van der Waals surface area contributed by atoms with Crippen molar-refractivity contribution in [2.75, 3.05) is 13.6 Å². The summed E-state index contributed by atoms with van der Waals surface area (Å²) < 4.78 is 0. The minimum atomic E-state index is 0.103. The van der Waals surface area contributed by atoms with E-state index in [-0.39, 0.29) is 6.04 Å². The zero-order valence-electron chi connectivity index (χ0n) is 9.87. The topological polar surface area (TPSA) is 29.3 Å². The molecule has 90 valence electrons. The summed E-state index contributed by atoms with van der Waals surface area (Å²) in [7, 11) is 2.04. The Hall–Kier alpha value is -0.280. The van der Waals surface area contributed by atoms with Crippen molar-refractivity contribution in [3.63, 3.8) is 0 Å². The Morgan fingerprint density at radius 1 is 1.31 bits per heavy atom. The SMILES string of the molecule is CC(C)N(C)C(CN)c1cc(Cl)ccc1Cl. The van der Waals surface area contributed by atoms with Crippen LogP contribution in [0.25, 0.3) is 0 Å². The molecule has 1 atom stereocenters. The molecular formula is C12H18Cl2N2. The maximum atomic E-state index is 6.18. The lowest BCUT2D eigenvalue weighted by molar-refractivity contribution is 0.201. The van der Waals surface area contributed by atoms with Gasteiger partial charge in [0.2, 0.25) is 0 Å². The third kappa shape index (κ3) is 3.11. The Morgan fingerprint density at radius 2 is 1.94 bits per heavy atom. The smallest absolute Gasteiger partial charge is 0.0485 e. The van der Waals surface area contributed by atoms with Crippen LogP contribution in [0.5, 0.6) is 0 Å². The molecule has 4 heteroatoms. The van der Waals surface area contributed by atoms with E-state index in [2.05, 4.69) is 18.7 Å². The van der Waals surface area contributed by atoms with Gasteiger partial charge in [0, 0.05) is 28.7 Å². The fourth-order valence-corrected chi connectivity index (χ4v) is 2.07. The highest BCUT2D eigenvalue weighted by atomic mass is 35.5. The maximum absolute atomic E-state index is 6.18. The van der Waals surface area contributed by atoms with Gasteiger partial charge in [-0.3, -0.25) is 4.90 Å². The predicted octanol–water partition coefficient (Wildman–Crippen LogP) is 3.33. The summed E-state index contributed by atoms with van der Waals surface area (Å²) in [5, 5.41) is 1.40. The zero-order chi connectivity index (χ0) is 12.3. The van der Waals surface area contributed by atoms with Crippen LogP contribution < -0.4 is 5.73 Å². The van der Waals surface area contributed by atoms with Crippen LogP contribution in [0.1, 0.15) is 25.5 Å². The van der Waals surface area contributed by atoms with Crippen molar-refractivity contribution in [1.82, 2.24) is 4.90 Å². The molecule has 0 saturated heterocycles. The molecule has 1 unspecified atom stereocenters. The Bertz CT molecular complexity index is 353. The van der Waals surface area contributed by atoms with E-state index < -0.39 is 0 Å². The summed E-state index contributed by atoms with van der Waals surface area (Å²) in [6, 6.07) is 6.00. The molecule has 0 aromatic heterocycles. The van der Waals surface area contributed by atoms with Crippen molar-refractivity contribution < 1.29 is 0 Å². The highest BCUT2D eigenvalue weighted by Crippen LogP contribution is 2.29. The molecule has 0 aliphatic carbocycles. The van der Waals surface area contributed by atoms with Crippen LogP contribution in [0, 0.1) is 0 Å². The van der Waals surface area contributed by atoms with Gasteiger partial charge in [-0.15, -0.1) is 0 Å². The van der Waals surface area contributed by atoms with Gasteiger partial charge in [0.25, 0.3) is 0 Å². The maximum Gasteiger partial charge on any atom is 0.0485 e. The molecule has 0 aliphatic heterocycles. The van der Waals surface area contributed by atoms with Gasteiger partial charge in [0.1, 0.15) is 0 Å². The standard InChI is InChI=1S/C12H18Cl2N2/c1-8(2)16(3)12(7-15)10-6-9(13)4-5-11(10)14/h4-6,8,12H,7,15H2,1-3H3. The van der Waals surface area contributed by atoms with Crippen molar-refractivity contribution >= 4 is 23.2 Å². The van der Waals surface area contributed by atoms with Gasteiger partial charge >= 0.3 is 0 Å². The molecule has 0 radical (unpaired) electrons. The first-order valence-electron chi connectivity index (χ1n) is 5.34. The highest BCUT2D eigenvalue weighted by molar-refractivity contribution is 6.33. The van der Waals surface area contributed by atoms with Crippen molar-refractivity contribution in [3.05, 3.63) is 33.8 Å². The minimum absolute atomic E-state index is 0.103. The number of rotatable bonds is 4. The average Bonchev–Trinajstić information content (AvgIpc) is 2.23. The van der Waals surface area contributed by atoms with Gasteiger partial charge in [-0.25, -0.2) is 0 Å². The van der Waals surface area contributed by atoms with E-state index in [1.807, 2.05) is 19.2 Å². The summed E-state index contributed by atoms with van der Waals surface area (Å²) >= 11 is 12.2. The van der Waals surface area contributed by atoms with Crippen molar-refractivity contribution in [3.8, 4) is 0 Å². The van der Waals surface area contributed by atoms with E-state index in [1.54, 1.807) is 6.07 Å². The third-order valence-electron chi connectivity index (χ3n) is 2.85. The second kappa shape index (κ2) is 5.87. The molecule has 0 fully saturated rings. The molecule has 16 heavy (non-hydrogen) atoms. The molecule has 1 rings (SSSR count). The fourth-order valence-electron chi connectivity index (χ4n) is 1.64. The molecule has 2 N–H and O–H groups in total. The van der Waals surface area contributed by atoms with E-state index in [4.69, 9.17) is 28.9 Å². The van der Waals surface area contributed by atoms with Crippen molar-refractivity contribution in [1.29, 1.82) is 0 Å². The Kier molecular flexibility index (Phi) is 5.06. The lowest BCUT2D eigenvalue weighted by Crippen LogP contribution is -2.35. The van der Waals surface area contributed by atoms with Crippen LogP contribution in [0.4, 0.5) is 0 Å². The number of nitrogens with zero attached hydrogens (tertiary/aromatic N) is 1. The Balaban J connectivity index is 3.07.